The molecule has 10 heteroatoms. The predicted octanol–water partition coefficient (Wildman–Crippen LogP) is 8.87. The smallest absolute Gasteiger partial charge is 0.367 e. The summed E-state index contributed by atoms with van der Waals surface area (Å²) in [5, 5.41) is 5.37. The number of urea groups is 1. The molecule has 1 saturated carbocycles. The lowest BCUT2D eigenvalue weighted by atomic mass is 9.90. The van der Waals surface area contributed by atoms with E-state index < -0.39 is 23.7 Å². The van der Waals surface area contributed by atoms with Gasteiger partial charge in [0.25, 0.3) is 0 Å². The van der Waals surface area contributed by atoms with Crippen LogP contribution in [-0.2, 0) is 6.18 Å². The number of nitrogens with one attached hydrogen (secondary N) is 2. The Hall–Kier alpha value is -3.95. The molecule has 5 nitrogen and oxygen atoms in total. The molecule has 0 spiro atoms. The van der Waals surface area contributed by atoms with Gasteiger partial charge in [-0.3, -0.25) is 4.79 Å². The van der Waals surface area contributed by atoms with Crippen LogP contribution in [-0.4, -0.2) is 30.8 Å². The lowest BCUT2D eigenvalue weighted by molar-refractivity contribution is -0.137. The molecular formula is C31H32F5N3O2. The Balaban J connectivity index is 1.69. The highest BCUT2D eigenvalue weighted by Gasteiger charge is 2.37. The van der Waals surface area contributed by atoms with E-state index in [1.165, 1.54) is 0 Å². The van der Waals surface area contributed by atoms with Gasteiger partial charge in [-0.25, -0.2) is 13.6 Å². The average Bonchev–Trinajstić information content (AvgIpc) is 2.91. The number of rotatable bonds is 8. The molecule has 41 heavy (non-hydrogen) atoms. The van der Waals surface area contributed by atoms with E-state index in [4.69, 9.17) is 0 Å². The molecule has 3 aromatic carbocycles. The number of amides is 2. The maximum Gasteiger partial charge on any atom is 0.416 e. The third kappa shape index (κ3) is 7.62. The summed E-state index contributed by atoms with van der Waals surface area (Å²) in [5.74, 6) is -2.52. The molecule has 2 amide bonds. The molecule has 1 fully saturated rings. The summed E-state index contributed by atoms with van der Waals surface area (Å²) in [7, 11) is 0. The number of alkyl halides is 5. The molecule has 4 rings (SSSR count). The van der Waals surface area contributed by atoms with Crippen molar-refractivity contribution in [1.29, 1.82) is 0 Å². The van der Waals surface area contributed by atoms with Gasteiger partial charge in [0.15, 0.2) is 6.29 Å². The van der Waals surface area contributed by atoms with E-state index in [1.54, 1.807) is 36.4 Å². The monoisotopic (exact) mass is 573 g/mol. The van der Waals surface area contributed by atoms with Crippen LogP contribution >= 0.6 is 0 Å². The molecule has 218 valence electrons. The topological polar surface area (TPSA) is 61.4 Å². The van der Waals surface area contributed by atoms with Gasteiger partial charge in [-0.05, 0) is 66.3 Å². The van der Waals surface area contributed by atoms with Crippen molar-refractivity contribution in [2.45, 2.75) is 57.7 Å². The van der Waals surface area contributed by atoms with Gasteiger partial charge >= 0.3 is 12.2 Å². The predicted molar refractivity (Wildman–Crippen MR) is 151 cm³/mol. The molecule has 0 heterocycles. The minimum atomic E-state index is -4.50. The van der Waals surface area contributed by atoms with Crippen molar-refractivity contribution >= 4 is 29.4 Å². The van der Waals surface area contributed by atoms with Crippen molar-refractivity contribution < 1.29 is 31.5 Å². The van der Waals surface area contributed by atoms with Gasteiger partial charge in [0.1, 0.15) is 0 Å². The van der Waals surface area contributed by atoms with Crippen LogP contribution in [0.25, 0.3) is 11.1 Å². The van der Waals surface area contributed by atoms with Gasteiger partial charge in [-0.2, -0.15) is 13.2 Å². The Morgan fingerprint density at radius 3 is 2.27 bits per heavy atom. The molecule has 0 atom stereocenters. The van der Waals surface area contributed by atoms with Crippen LogP contribution in [0.3, 0.4) is 0 Å². The highest BCUT2D eigenvalue weighted by molar-refractivity contribution is 6.03. The van der Waals surface area contributed by atoms with Gasteiger partial charge in [0.05, 0.1) is 16.9 Å². The molecule has 1 aliphatic rings. The van der Waals surface area contributed by atoms with Gasteiger partial charge in [0.2, 0.25) is 5.92 Å². The second-order valence-electron chi connectivity index (χ2n) is 10.7. The zero-order chi connectivity index (χ0) is 29.8. The molecule has 0 saturated heterocycles. The first-order chi connectivity index (χ1) is 19.4. The zero-order valence-corrected chi connectivity index (χ0v) is 22.8. The van der Waals surface area contributed by atoms with Crippen LogP contribution in [0.5, 0.6) is 0 Å². The fourth-order valence-corrected chi connectivity index (χ4v) is 5.12. The first-order valence-corrected chi connectivity index (χ1v) is 13.4. The summed E-state index contributed by atoms with van der Waals surface area (Å²) >= 11 is 0. The number of hydrogen-bond acceptors (Lipinski definition) is 3. The number of carbonyl (C=O) groups is 2. The van der Waals surface area contributed by atoms with Crippen LogP contribution in [0.1, 0.15) is 55.5 Å². The SMILES string of the molecule is CC(C)CN(c1ccc(-c2ccccc2C=O)cc1NC(=O)Nc1ccc(C(F)(F)F)cc1)C1CCC(F)(F)CC1. The average molecular weight is 574 g/mol. The fraction of sp³-hybridized carbons (Fsp3) is 0.355. The van der Waals surface area contributed by atoms with Crippen molar-refractivity contribution in [3.05, 3.63) is 77.9 Å². The van der Waals surface area contributed by atoms with Gasteiger partial charge in [-0.1, -0.05) is 44.2 Å². The number of carbonyl (C=O) groups excluding carboxylic acids is 2. The molecule has 0 radical (unpaired) electrons. The first-order valence-electron chi connectivity index (χ1n) is 13.4. The van der Waals surface area contributed by atoms with Crippen molar-refractivity contribution in [1.82, 2.24) is 0 Å². The highest BCUT2D eigenvalue weighted by atomic mass is 19.4. The number of aldehydes is 1. The van der Waals surface area contributed by atoms with E-state index in [-0.39, 0.29) is 43.3 Å². The van der Waals surface area contributed by atoms with Gasteiger partial charge in [-0.15, -0.1) is 0 Å². The summed E-state index contributed by atoms with van der Waals surface area (Å²) < 4.78 is 66.8. The minimum Gasteiger partial charge on any atom is -0.367 e. The van der Waals surface area contributed by atoms with E-state index in [0.29, 0.717) is 34.6 Å². The van der Waals surface area contributed by atoms with Crippen LogP contribution in [0, 0.1) is 5.92 Å². The summed E-state index contributed by atoms with van der Waals surface area (Å²) in [6.07, 6.45) is -3.65. The van der Waals surface area contributed by atoms with Crippen molar-refractivity contribution in [3.63, 3.8) is 0 Å². The third-order valence-corrected chi connectivity index (χ3v) is 7.11. The summed E-state index contributed by atoms with van der Waals surface area (Å²) in [6, 6.07) is 15.5. The molecule has 2 N–H and O–H groups in total. The summed E-state index contributed by atoms with van der Waals surface area (Å²) in [4.78, 5) is 26.8. The number of halogens is 5. The standard InChI is InChI=1S/C31H32F5N3O2/c1-20(2)18-39(25-13-15-30(32,33)16-14-25)28-12-7-21(26-6-4-3-5-22(26)19-40)17-27(28)38-29(41)37-24-10-8-23(9-11-24)31(34,35)36/h3-12,17,19-20,25H,13-16,18H2,1-2H3,(H2,37,38,41). The maximum atomic E-state index is 14.0. The third-order valence-electron chi connectivity index (χ3n) is 7.11. The molecule has 3 aromatic rings. The fourth-order valence-electron chi connectivity index (χ4n) is 5.12. The number of hydrogen-bond donors (Lipinski definition) is 2. The van der Waals surface area contributed by atoms with Gasteiger partial charge < -0.3 is 15.5 Å². The lowest BCUT2D eigenvalue weighted by Gasteiger charge is -2.40. The number of nitrogens with zero attached hydrogens (tertiary/aromatic N) is 1. The quantitative estimate of drug-likeness (QED) is 0.209. The Morgan fingerprint density at radius 1 is 1.00 bits per heavy atom. The minimum absolute atomic E-state index is 0.160. The summed E-state index contributed by atoms with van der Waals surface area (Å²) in [5.41, 5.74) is 2.08. The zero-order valence-electron chi connectivity index (χ0n) is 22.8. The van der Waals surface area contributed by atoms with Crippen LogP contribution in [0.15, 0.2) is 66.7 Å². The largest absolute Gasteiger partial charge is 0.416 e. The summed E-state index contributed by atoms with van der Waals surface area (Å²) in [6.45, 7) is 4.59. The number of benzene rings is 3. The van der Waals surface area contributed by atoms with E-state index >= 15 is 0 Å². The van der Waals surface area contributed by atoms with Crippen LogP contribution in [0.4, 0.5) is 43.8 Å². The van der Waals surface area contributed by atoms with E-state index in [2.05, 4.69) is 10.6 Å². The maximum absolute atomic E-state index is 14.0. The van der Waals surface area contributed by atoms with E-state index in [1.807, 2.05) is 24.8 Å². The number of anilines is 3. The van der Waals surface area contributed by atoms with Gasteiger partial charge in [0, 0.05) is 36.7 Å². The van der Waals surface area contributed by atoms with Crippen LogP contribution < -0.4 is 15.5 Å². The Labute approximate surface area is 235 Å². The lowest BCUT2D eigenvalue weighted by Crippen LogP contribution is -2.43. The van der Waals surface area contributed by atoms with Crippen molar-refractivity contribution in [2.24, 2.45) is 5.92 Å². The molecule has 0 unspecified atom stereocenters. The Bertz CT molecular complexity index is 1360. The normalized spacial score (nSPS) is 15.4. The van der Waals surface area contributed by atoms with Crippen molar-refractivity contribution in [3.8, 4) is 11.1 Å². The molecule has 0 aliphatic heterocycles. The van der Waals surface area contributed by atoms with E-state index in [9.17, 15) is 31.5 Å². The second kappa shape index (κ2) is 12.3. The van der Waals surface area contributed by atoms with Crippen molar-refractivity contribution in [2.75, 3.05) is 22.1 Å². The molecule has 0 bridgehead atoms. The second-order valence-corrected chi connectivity index (χ2v) is 10.7. The van der Waals surface area contributed by atoms with E-state index in [0.717, 1.165) is 30.6 Å². The molecule has 1 aliphatic carbocycles. The molecular weight excluding hydrogens is 541 g/mol. The highest BCUT2D eigenvalue weighted by Crippen LogP contribution is 2.40. The Kier molecular flexibility index (Phi) is 8.99. The first kappa shape index (κ1) is 30.0. The Morgan fingerprint density at radius 2 is 1.66 bits per heavy atom. The molecule has 0 aromatic heterocycles. The van der Waals surface area contributed by atoms with Crippen LogP contribution in [0.2, 0.25) is 0 Å².